The van der Waals surface area contributed by atoms with Gasteiger partial charge in [0.15, 0.2) is 0 Å². The number of anilines is 1. The van der Waals surface area contributed by atoms with Gasteiger partial charge in [-0.3, -0.25) is 0 Å². The molecule has 0 bridgehead atoms. The molecule has 0 aliphatic heterocycles. The van der Waals surface area contributed by atoms with E-state index in [4.69, 9.17) is 15.9 Å². The number of aromatic carboxylic acids is 1. The first-order valence-electron chi connectivity index (χ1n) is 6.00. The zero-order valence-electron chi connectivity index (χ0n) is 11.2. The Labute approximate surface area is 108 Å². The number of benzene rings is 1. The number of aromatic hydroxyl groups is 1. The predicted molar refractivity (Wildman–Crippen MR) is 72.9 cm³/mol. The summed E-state index contributed by atoms with van der Waals surface area (Å²) in [5.41, 5.74) is 5.43. The number of nitrogens with zero attached hydrogens (tertiary/aromatic N) is 1. The molecule has 0 unspecified atom stereocenters. The van der Waals surface area contributed by atoms with E-state index in [1.807, 2.05) is 0 Å². The quantitative estimate of drug-likeness (QED) is 0.565. The summed E-state index contributed by atoms with van der Waals surface area (Å²) < 4.78 is 0. The molecule has 0 saturated carbocycles. The fraction of sp³-hybridized carbons (Fsp3) is 0.462. The lowest BCUT2D eigenvalue weighted by atomic mass is 10.2. The number of carbonyl (C=O) groups is 1. The van der Waals surface area contributed by atoms with Crippen LogP contribution in [0.5, 0.6) is 5.75 Å². The molecule has 5 heteroatoms. The van der Waals surface area contributed by atoms with E-state index >= 15 is 0 Å². The highest BCUT2D eigenvalue weighted by atomic mass is 16.4. The second-order valence-electron chi connectivity index (χ2n) is 3.70. The first-order chi connectivity index (χ1) is 8.46. The molecular formula is C13H22N2O3. The normalized spacial score (nSPS) is 9.78. The summed E-state index contributed by atoms with van der Waals surface area (Å²) in [6.45, 7) is 10.1. The van der Waals surface area contributed by atoms with Crippen LogP contribution in [0.3, 0.4) is 0 Å². The third-order valence-corrected chi connectivity index (χ3v) is 2.59. The molecule has 0 atom stereocenters. The summed E-state index contributed by atoms with van der Waals surface area (Å²) in [6, 6.07) is 3.89. The highest BCUT2D eigenvalue weighted by molar-refractivity contribution is 5.91. The van der Waals surface area contributed by atoms with Crippen LogP contribution in [0.4, 0.5) is 5.69 Å². The summed E-state index contributed by atoms with van der Waals surface area (Å²) in [5, 5.41) is 17.4. The number of hydrogen-bond donors (Lipinski definition) is 3. The fourth-order valence-electron chi connectivity index (χ4n) is 1.40. The maximum atomic E-state index is 10.4. The number of carboxylic acid groups (broad SMARTS) is 1. The fourth-order valence-corrected chi connectivity index (χ4v) is 1.40. The molecule has 0 spiro atoms. The lowest BCUT2D eigenvalue weighted by Crippen LogP contribution is -2.21. The van der Waals surface area contributed by atoms with Crippen LogP contribution in [0.15, 0.2) is 18.2 Å². The van der Waals surface area contributed by atoms with Gasteiger partial charge in [0.2, 0.25) is 0 Å². The molecule has 4 N–H and O–H groups in total. The summed E-state index contributed by atoms with van der Waals surface area (Å²) in [7, 11) is 0. The van der Waals surface area contributed by atoms with Gasteiger partial charge in [-0.2, -0.15) is 0 Å². The molecule has 0 radical (unpaired) electrons. The smallest absolute Gasteiger partial charge is 0.339 e. The minimum atomic E-state index is -1.19. The van der Waals surface area contributed by atoms with Crippen molar-refractivity contribution in [1.29, 1.82) is 0 Å². The van der Waals surface area contributed by atoms with Crippen molar-refractivity contribution in [1.82, 2.24) is 4.90 Å². The minimum Gasteiger partial charge on any atom is -0.507 e. The number of rotatable bonds is 4. The molecule has 0 aromatic heterocycles. The molecular weight excluding hydrogens is 232 g/mol. The molecule has 0 saturated heterocycles. The van der Waals surface area contributed by atoms with Crippen molar-refractivity contribution in [3.8, 4) is 5.75 Å². The molecule has 0 heterocycles. The van der Waals surface area contributed by atoms with Gasteiger partial charge in [0, 0.05) is 5.69 Å². The Morgan fingerprint density at radius 3 is 2.00 bits per heavy atom. The average Bonchev–Trinajstić information content (AvgIpc) is 2.35. The van der Waals surface area contributed by atoms with Gasteiger partial charge in [-0.15, -0.1) is 0 Å². The van der Waals surface area contributed by atoms with Gasteiger partial charge >= 0.3 is 5.97 Å². The number of hydrogen-bond acceptors (Lipinski definition) is 4. The van der Waals surface area contributed by atoms with Crippen LogP contribution < -0.4 is 5.73 Å². The third-order valence-electron chi connectivity index (χ3n) is 2.59. The van der Waals surface area contributed by atoms with Gasteiger partial charge in [-0.1, -0.05) is 20.8 Å². The van der Waals surface area contributed by atoms with Crippen LogP contribution in [0, 0.1) is 0 Å². The van der Waals surface area contributed by atoms with E-state index in [1.165, 1.54) is 37.8 Å². The molecule has 1 aromatic carbocycles. The molecule has 1 rings (SSSR count). The van der Waals surface area contributed by atoms with Crippen molar-refractivity contribution in [3.05, 3.63) is 23.8 Å². The van der Waals surface area contributed by atoms with Crippen molar-refractivity contribution in [3.63, 3.8) is 0 Å². The first kappa shape index (κ1) is 16.2. The van der Waals surface area contributed by atoms with Gasteiger partial charge in [0.1, 0.15) is 11.3 Å². The van der Waals surface area contributed by atoms with Gasteiger partial charge in [0.25, 0.3) is 0 Å². The van der Waals surface area contributed by atoms with Crippen molar-refractivity contribution < 1.29 is 15.0 Å². The number of phenols is 1. The molecule has 0 aliphatic carbocycles. The van der Waals surface area contributed by atoms with Gasteiger partial charge in [-0.05, 0) is 37.8 Å². The maximum absolute atomic E-state index is 10.4. The van der Waals surface area contributed by atoms with Gasteiger partial charge in [0.05, 0.1) is 0 Å². The van der Waals surface area contributed by atoms with Crippen LogP contribution in [0.2, 0.25) is 0 Å². The number of nitrogen functional groups attached to an aromatic ring is 1. The van der Waals surface area contributed by atoms with Crippen molar-refractivity contribution >= 4 is 11.7 Å². The van der Waals surface area contributed by atoms with E-state index in [0.717, 1.165) is 0 Å². The molecule has 102 valence electrons. The van der Waals surface area contributed by atoms with Crippen LogP contribution in [0.25, 0.3) is 0 Å². The van der Waals surface area contributed by atoms with Crippen LogP contribution in [-0.4, -0.2) is 40.7 Å². The molecule has 1 aromatic rings. The Hall–Kier alpha value is -1.75. The second kappa shape index (κ2) is 8.36. The van der Waals surface area contributed by atoms with Crippen molar-refractivity contribution in [2.45, 2.75) is 20.8 Å². The largest absolute Gasteiger partial charge is 0.507 e. The van der Waals surface area contributed by atoms with Crippen LogP contribution >= 0.6 is 0 Å². The number of nitrogens with two attached hydrogens (primary N) is 1. The van der Waals surface area contributed by atoms with E-state index in [2.05, 4.69) is 25.7 Å². The van der Waals surface area contributed by atoms with Crippen LogP contribution in [0.1, 0.15) is 31.1 Å². The molecule has 18 heavy (non-hydrogen) atoms. The average molecular weight is 254 g/mol. The Morgan fingerprint density at radius 1 is 1.22 bits per heavy atom. The monoisotopic (exact) mass is 254 g/mol. The SMILES string of the molecule is CCN(CC)CC.Nc1ccc(O)c(C(=O)O)c1. The van der Waals surface area contributed by atoms with Gasteiger partial charge in [-0.25, -0.2) is 4.79 Å². The summed E-state index contributed by atoms with van der Waals surface area (Å²) in [5.74, 6) is -1.46. The molecule has 5 nitrogen and oxygen atoms in total. The highest BCUT2D eigenvalue weighted by Crippen LogP contribution is 2.18. The third kappa shape index (κ3) is 5.54. The Morgan fingerprint density at radius 2 is 1.72 bits per heavy atom. The van der Waals surface area contributed by atoms with Crippen molar-refractivity contribution in [2.75, 3.05) is 25.4 Å². The summed E-state index contributed by atoms with van der Waals surface area (Å²) in [6.07, 6.45) is 0. The zero-order valence-corrected chi connectivity index (χ0v) is 11.2. The lowest BCUT2D eigenvalue weighted by Gasteiger charge is -2.13. The van der Waals surface area contributed by atoms with Gasteiger partial charge < -0.3 is 20.8 Å². The zero-order chi connectivity index (χ0) is 14.1. The minimum absolute atomic E-state index is 0.176. The van der Waals surface area contributed by atoms with E-state index in [-0.39, 0.29) is 11.3 Å². The molecule has 0 amide bonds. The summed E-state index contributed by atoms with van der Waals surface area (Å²) in [4.78, 5) is 12.7. The predicted octanol–water partition coefficient (Wildman–Crippen LogP) is 2.02. The molecule has 0 aliphatic rings. The Balaban J connectivity index is 0.000000360. The second-order valence-corrected chi connectivity index (χ2v) is 3.70. The first-order valence-corrected chi connectivity index (χ1v) is 6.00. The summed E-state index contributed by atoms with van der Waals surface area (Å²) >= 11 is 0. The standard InChI is InChI=1S/C7H7NO3.C6H15N/c8-4-1-2-6(9)5(3-4)7(10)11;1-4-7(5-2)6-3/h1-3,9H,8H2,(H,10,11);4-6H2,1-3H3. The molecule has 0 fully saturated rings. The Kier molecular flexibility index (Phi) is 7.54. The van der Waals surface area contributed by atoms with E-state index in [0.29, 0.717) is 5.69 Å². The van der Waals surface area contributed by atoms with E-state index in [9.17, 15) is 4.79 Å². The maximum Gasteiger partial charge on any atom is 0.339 e. The number of carboxylic acids is 1. The highest BCUT2D eigenvalue weighted by Gasteiger charge is 2.08. The Bertz CT molecular complexity index is 371. The van der Waals surface area contributed by atoms with Crippen molar-refractivity contribution in [2.24, 2.45) is 0 Å². The van der Waals surface area contributed by atoms with E-state index in [1.54, 1.807) is 0 Å². The topological polar surface area (TPSA) is 86.8 Å². The van der Waals surface area contributed by atoms with Crippen LogP contribution in [-0.2, 0) is 0 Å². The lowest BCUT2D eigenvalue weighted by molar-refractivity contribution is 0.0694. The van der Waals surface area contributed by atoms with E-state index < -0.39 is 5.97 Å².